The van der Waals surface area contributed by atoms with Gasteiger partial charge in [-0.15, -0.1) is 11.3 Å². The summed E-state index contributed by atoms with van der Waals surface area (Å²) in [5, 5.41) is 3.06. The Bertz CT molecular complexity index is 1690. The maximum Gasteiger partial charge on any atom is 0.391 e. The zero-order chi connectivity index (χ0) is 36.6. The fourth-order valence-corrected chi connectivity index (χ4v) is 10.1. The van der Waals surface area contributed by atoms with Gasteiger partial charge in [-0.25, -0.2) is 15.0 Å². The van der Waals surface area contributed by atoms with Crippen molar-refractivity contribution in [2.75, 3.05) is 57.4 Å². The van der Waals surface area contributed by atoms with E-state index in [9.17, 15) is 27.6 Å². The predicted octanol–water partition coefficient (Wildman–Crippen LogP) is 4.05. The van der Waals surface area contributed by atoms with Crippen LogP contribution in [0.1, 0.15) is 65.7 Å². The average molecular weight is 748 g/mol. The van der Waals surface area contributed by atoms with Crippen LogP contribution in [0.4, 0.5) is 19.0 Å². The number of amides is 3. The number of carbonyl (C=O) groups is 3. The molecule has 1 spiro atoms. The van der Waals surface area contributed by atoms with Crippen LogP contribution >= 0.6 is 11.3 Å². The van der Waals surface area contributed by atoms with Crippen molar-refractivity contribution < 1.29 is 37.0 Å². The summed E-state index contributed by atoms with van der Waals surface area (Å²) in [6, 6.07) is -1.10. The van der Waals surface area contributed by atoms with E-state index in [2.05, 4.69) is 39.0 Å². The number of hydrogen-bond donors (Lipinski definition) is 1. The average Bonchev–Trinajstić information content (AvgIpc) is 3.43. The number of piperidine rings is 1. The van der Waals surface area contributed by atoms with E-state index in [1.807, 2.05) is 4.90 Å². The molecule has 2 saturated carbocycles. The zero-order valence-corrected chi connectivity index (χ0v) is 30.8. The lowest BCUT2D eigenvalue weighted by molar-refractivity contribution is -0.187. The Morgan fingerprint density at radius 1 is 1.04 bits per heavy atom. The molecule has 3 amide bonds. The van der Waals surface area contributed by atoms with Crippen LogP contribution in [0.5, 0.6) is 0 Å². The SMILES string of the molecule is C[C@@H](OCC12CCC(CC1)OC2)C(NC(=O)[C@@H]1CN(c2ncnc3ncsc23)CC12CN(C(=O)[C@H]1CC1(C)C)C2)C(=O)N1CCC(C(F)(F)F)CC1. The van der Waals surface area contributed by atoms with E-state index < -0.39 is 41.5 Å². The van der Waals surface area contributed by atoms with Gasteiger partial charge in [0.05, 0.1) is 42.8 Å². The largest absolute Gasteiger partial charge is 0.391 e. The normalized spacial score (nSPS) is 30.7. The molecule has 12 nitrogen and oxygen atoms in total. The highest BCUT2D eigenvalue weighted by Gasteiger charge is 2.62. The molecule has 1 N–H and O–H groups in total. The summed E-state index contributed by atoms with van der Waals surface area (Å²) < 4.78 is 53.8. The van der Waals surface area contributed by atoms with Crippen LogP contribution < -0.4 is 10.2 Å². The highest BCUT2D eigenvalue weighted by atomic mass is 32.1. The molecule has 5 saturated heterocycles. The second kappa shape index (κ2) is 13.0. The second-order valence-electron chi connectivity index (χ2n) is 17.1. The van der Waals surface area contributed by atoms with Crippen LogP contribution in [-0.2, 0) is 23.9 Å². The molecule has 284 valence electrons. The van der Waals surface area contributed by atoms with Gasteiger partial charge in [0.25, 0.3) is 0 Å². The lowest BCUT2D eigenvalue weighted by Crippen LogP contribution is -2.65. The van der Waals surface area contributed by atoms with Crippen LogP contribution in [0, 0.1) is 34.0 Å². The minimum Gasteiger partial charge on any atom is -0.378 e. The summed E-state index contributed by atoms with van der Waals surface area (Å²) in [5.41, 5.74) is 1.51. The second-order valence-corrected chi connectivity index (χ2v) is 17.9. The van der Waals surface area contributed by atoms with Crippen LogP contribution in [0.25, 0.3) is 10.3 Å². The third-order valence-corrected chi connectivity index (χ3v) is 13.9. The van der Waals surface area contributed by atoms with Crippen LogP contribution in [0.15, 0.2) is 11.8 Å². The van der Waals surface area contributed by atoms with Crippen molar-refractivity contribution in [3.63, 3.8) is 0 Å². The number of likely N-dealkylation sites (tertiary alicyclic amines) is 2. The third kappa shape index (κ3) is 6.54. The lowest BCUT2D eigenvalue weighted by atomic mass is 9.70. The highest BCUT2D eigenvalue weighted by molar-refractivity contribution is 7.17. The molecule has 7 heterocycles. The highest BCUT2D eigenvalue weighted by Crippen LogP contribution is 2.55. The van der Waals surface area contributed by atoms with Gasteiger partial charge >= 0.3 is 6.18 Å². The molecule has 2 aromatic rings. The first-order valence-corrected chi connectivity index (χ1v) is 19.5. The van der Waals surface area contributed by atoms with Gasteiger partial charge in [0.15, 0.2) is 11.5 Å². The third-order valence-electron chi connectivity index (χ3n) is 13.1. The number of ether oxygens (including phenoxy) is 2. The number of rotatable bonds is 9. The summed E-state index contributed by atoms with van der Waals surface area (Å²) in [6.45, 7) is 8.40. The van der Waals surface area contributed by atoms with E-state index in [1.165, 1.54) is 22.6 Å². The Kier molecular flexibility index (Phi) is 9.00. The number of thiazole rings is 1. The Hall–Kier alpha value is -3.11. The van der Waals surface area contributed by atoms with Gasteiger partial charge in [0, 0.05) is 56.0 Å². The van der Waals surface area contributed by atoms with E-state index in [0.29, 0.717) is 50.9 Å². The molecule has 0 aromatic carbocycles. The minimum absolute atomic E-state index is 0.0288. The summed E-state index contributed by atoms with van der Waals surface area (Å²) in [6.07, 6.45) is 1.02. The van der Waals surface area contributed by atoms with Crippen molar-refractivity contribution in [2.24, 2.45) is 34.0 Å². The molecule has 2 aromatic heterocycles. The van der Waals surface area contributed by atoms with Crippen molar-refractivity contribution in [3.05, 3.63) is 11.8 Å². The van der Waals surface area contributed by atoms with Gasteiger partial charge < -0.3 is 29.5 Å². The minimum atomic E-state index is -4.32. The van der Waals surface area contributed by atoms with Gasteiger partial charge in [-0.2, -0.15) is 13.2 Å². The summed E-state index contributed by atoms with van der Waals surface area (Å²) in [7, 11) is 0. The molecule has 52 heavy (non-hydrogen) atoms. The lowest BCUT2D eigenvalue weighted by Gasteiger charge is -2.51. The molecule has 9 rings (SSSR count). The van der Waals surface area contributed by atoms with Crippen molar-refractivity contribution in [1.29, 1.82) is 0 Å². The van der Waals surface area contributed by atoms with Crippen molar-refractivity contribution in [3.8, 4) is 0 Å². The summed E-state index contributed by atoms with van der Waals surface area (Å²) in [4.78, 5) is 60.8. The van der Waals surface area contributed by atoms with Gasteiger partial charge in [-0.3, -0.25) is 14.4 Å². The van der Waals surface area contributed by atoms with E-state index >= 15 is 0 Å². The first-order chi connectivity index (χ1) is 24.7. The number of alkyl halides is 3. The summed E-state index contributed by atoms with van der Waals surface area (Å²) in [5.74, 6) is -2.07. The van der Waals surface area contributed by atoms with Crippen molar-refractivity contribution in [2.45, 2.75) is 90.1 Å². The first kappa shape index (κ1) is 35.9. The standard InChI is InChI=1S/C36H48F3N7O5S/c1-21(50-17-34-8-4-23(5-9-34)51-18-34)26(32(49)44-10-6-22(7-11-44)36(37,38)39)43-30(47)25-13-45(29-27-28(40-19-41-29)42-20-52-27)14-35(25)15-46(16-35)31(48)24-12-33(24,2)3/h19-26H,4-18H2,1-3H3,(H,43,47)/t21-,23?,24-,25+,26?,34?/m1/s1. The molecule has 1 unspecified atom stereocenters. The molecule has 16 heteroatoms. The van der Waals surface area contributed by atoms with Crippen molar-refractivity contribution >= 4 is 45.2 Å². The topological polar surface area (TPSA) is 130 Å². The Labute approximate surface area is 305 Å². The molecular weight excluding hydrogens is 700 g/mol. The molecule has 4 atom stereocenters. The monoisotopic (exact) mass is 747 g/mol. The van der Waals surface area contributed by atoms with E-state index in [0.717, 1.165) is 36.8 Å². The fourth-order valence-electron chi connectivity index (χ4n) is 9.36. The van der Waals surface area contributed by atoms with Gasteiger partial charge in [0.1, 0.15) is 17.1 Å². The number of halogens is 3. The number of hydrogen-bond acceptors (Lipinski definition) is 10. The fraction of sp³-hybridized carbons (Fsp3) is 0.778. The zero-order valence-electron chi connectivity index (χ0n) is 30.0. The quantitative estimate of drug-likeness (QED) is 0.404. The number of aromatic nitrogens is 3. The number of nitrogens with one attached hydrogen (secondary N) is 1. The molecule has 7 aliphatic rings. The number of nitrogens with zero attached hydrogens (tertiary/aromatic N) is 6. The first-order valence-electron chi connectivity index (χ1n) is 18.6. The van der Waals surface area contributed by atoms with Gasteiger partial charge in [-0.1, -0.05) is 13.8 Å². The van der Waals surface area contributed by atoms with Crippen molar-refractivity contribution in [1.82, 2.24) is 30.1 Å². The van der Waals surface area contributed by atoms with E-state index in [4.69, 9.17) is 9.47 Å². The predicted molar refractivity (Wildman–Crippen MR) is 185 cm³/mol. The number of carbonyl (C=O) groups excluding carboxylic acids is 3. The molecular formula is C36H48F3N7O5S. The Morgan fingerprint density at radius 3 is 2.38 bits per heavy atom. The molecule has 5 aliphatic heterocycles. The molecule has 2 aliphatic carbocycles. The van der Waals surface area contributed by atoms with Gasteiger partial charge in [-0.05, 0) is 57.3 Å². The Morgan fingerprint density at radius 2 is 1.75 bits per heavy atom. The number of fused-ring (bicyclic) bond motifs is 4. The van der Waals surface area contributed by atoms with E-state index in [1.54, 1.807) is 12.4 Å². The van der Waals surface area contributed by atoms with Crippen LogP contribution in [0.2, 0.25) is 0 Å². The van der Waals surface area contributed by atoms with Crippen LogP contribution in [-0.4, -0.2) is 119 Å². The maximum absolute atomic E-state index is 14.6. The number of anilines is 1. The van der Waals surface area contributed by atoms with Crippen LogP contribution in [0.3, 0.4) is 0 Å². The van der Waals surface area contributed by atoms with E-state index in [-0.39, 0.29) is 60.6 Å². The smallest absolute Gasteiger partial charge is 0.378 e. The molecule has 0 radical (unpaired) electrons. The summed E-state index contributed by atoms with van der Waals surface area (Å²) >= 11 is 1.42. The molecule has 2 bridgehead atoms. The Balaban J connectivity index is 1.03. The molecule has 7 fully saturated rings. The van der Waals surface area contributed by atoms with Gasteiger partial charge in [0.2, 0.25) is 17.7 Å². The maximum atomic E-state index is 14.6.